The van der Waals surface area contributed by atoms with Crippen LogP contribution in [0, 0.1) is 0 Å². The average Bonchev–Trinajstić information content (AvgIpc) is 2.75. The fourth-order valence-electron chi connectivity index (χ4n) is 3.09. The minimum absolute atomic E-state index is 0.159. The second-order valence-electron chi connectivity index (χ2n) is 6.95. The van der Waals surface area contributed by atoms with Crippen LogP contribution >= 0.6 is 0 Å². The molecule has 1 aliphatic rings. The molecular weight excluding hydrogens is 378 g/mol. The zero-order valence-corrected chi connectivity index (χ0v) is 15.9. The van der Waals surface area contributed by atoms with Crippen LogP contribution in [-0.4, -0.2) is 63.6 Å². The summed E-state index contributed by atoms with van der Waals surface area (Å²) in [5, 5.41) is 41.8. The van der Waals surface area contributed by atoms with E-state index in [9.17, 15) is 25.2 Å². The van der Waals surface area contributed by atoms with Crippen LogP contribution in [0.3, 0.4) is 0 Å². The Morgan fingerprint density at radius 1 is 1.03 bits per heavy atom. The van der Waals surface area contributed by atoms with Gasteiger partial charge in [-0.1, -0.05) is 30.3 Å². The first kappa shape index (κ1) is 21.2. The SMILES string of the molecule is CC(NC(=O)c1ccc(O[C@@H]2OC(CO)C(O)C(O)C2O)cc1)c1ccccc1. The number of carbonyl (C=O) groups is 1. The first-order valence-corrected chi connectivity index (χ1v) is 9.33. The van der Waals surface area contributed by atoms with E-state index in [-0.39, 0.29) is 11.9 Å². The molecule has 0 spiro atoms. The second kappa shape index (κ2) is 9.34. The first-order chi connectivity index (χ1) is 13.9. The molecule has 29 heavy (non-hydrogen) atoms. The Labute approximate surface area is 168 Å². The topological polar surface area (TPSA) is 128 Å². The highest BCUT2D eigenvalue weighted by Gasteiger charge is 2.44. The zero-order chi connectivity index (χ0) is 21.0. The highest BCUT2D eigenvalue weighted by molar-refractivity contribution is 5.94. The van der Waals surface area contributed by atoms with Crippen molar-refractivity contribution in [1.29, 1.82) is 0 Å². The number of amides is 1. The van der Waals surface area contributed by atoms with E-state index in [1.54, 1.807) is 12.1 Å². The number of nitrogens with one attached hydrogen (secondary N) is 1. The Hall–Kier alpha value is -2.49. The summed E-state index contributed by atoms with van der Waals surface area (Å²) in [7, 11) is 0. The van der Waals surface area contributed by atoms with Crippen LogP contribution < -0.4 is 10.1 Å². The largest absolute Gasteiger partial charge is 0.462 e. The predicted octanol–water partition coefficient (Wildman–Crippen LogP) is 0.356. The van der Waals surface area contributed by atoms with Gasteiger partial charge < -0.3 is 35.2 Å². The number of aliphatic hydroxyl groups excluding tert-OH is 4. The maximum Gasteiger partial charge on any atom is 0.251 e. The first-order valence-electron chi connectivity index (χ1n) is 9.33. The summed E-state index contributed by atoms with van der Waals surface area (Å²) in [6.45, 7) is 1.35. The summed E-state index contributed by atoms with van der Waals surface area (Å²) in [6, 6.07) is 15.6. The lowest BCUT2D eigenvalue weighted by molar-refractivity contribution is -0.277. The van der Waals surface area contributed by atoms with E-state index >= 15 is 0 Å². The van der Waals surface area contributed by atoms with Gasteiger partial charge in [-0.05, 0) is 36.8 Å². The molecule has 1 fully saturated rings. The van der Waals surface area contributed by atoms with Crippen molar-refractivity contribution < 1.29 is 34.7 Å². The Bertz CT molecular complexity index is 796. The highest BCUT2D eigenvalue weighted by Crippen LogP contribution is 2.24. The minimum Gasteiger partial charge on any atom is -0.462 e. The standard InChI is InChI=1S/C21H25NO7/c1-12(13-5-3-2-4-6-13)22-20(27)14-7-9-15(10-8-14)28-21-19(26)18(25)17(24)16(11-23)29-21/h2-10,12,16-19,21,23-26H,11H2,1H3,(H,22,27)/t12?,16?,17?,18?,19?,21-/m1/s1. The van der Waals surface area contributed by atoms with Crippen molar-refractivity contribution in [2.24, 2.45) is 0 Å². The second-order valence-corrected chi connectivity index (χ2v) is 6.95. The van der Waals surface area contributed by atoms with Gasteiger partial charge in [-0.2, -0.15) is 0 Å². The lowest BCUT2D eigenvalue weighted by Crippen LogP contribution is -2.60. The molecule has 1 saturated heterocycles. The fraction of sp³-hybridized carbons (Fsp3) is 0.381. The van der Waals surface area contributed by atoms with E-state index in [1.165, 1.54) is 12.1 Å². The van der Waals surface area contributed by atoms with E-state index in [0.717, 1.165) is 5.56 Å². The Balaban J connectivity index is 1.62. The minimum atomic E-state index is -1.52. The van der Waals surface area contributed by atoms with Crippen LogP contribution in [0.25, 0.3) is 0 Å². The maximum absolute atomic E-state index is 12.4. The van der Waals surface area contributed by atoms with Gasteiger partial charge in [0.2, 0.25) is 6.29 Å². The normalized spacial score (nSPS) is 27.8. The smallest absolute Gasteiger partial charge is 0.251 e. The Morgan fingerprint density at radius 2 is 1.69 bits per heavy atom. The predicted molar refractivity (Wildman–Crippen MR) is 103 cm³/mol. The quantitative estimate of drug-likeness (QED) is 0.471. The molecule has 8 heteroatoms. The third-order valence-electron chi connectivity index (χ3n) is 4.86. The molecule has 0 aliphatic carbocycles. The number of ether oxygens (including phenoxy) is 2. The summed E-state index contributed by atoms with van der Waals surface area (Å²) in [5.74, 6) is 0.0442. The van der Waals surface area contributed by atoms with Crippen LogP contribution in [-0.2, 0) is 4.74 Å². The maximum atomic E-state index is 12.4. The summed E-state index contributed by atoms with van der Waals surface area (Å²) >= 11 is 0. The van der Waals surface area contributed by atoms with Crippen molar-refractivity contribution in [3.8, 4) is 5.75 Å². The lowest BCUT2D eigenvalue weighted by atomic mass is 9.99. The van der Waals surface area contributed by atoms with E-state index < -0.39 is 37.3 Å². The molecule has 6 atom stereocenters. The molecule has 0 bridgehead atoms. The molecule has 8 nitrogen and oxygen atoms in total. The van der Waals surface area contributed by atoms with Crippen LogP contribution in [0.2, 0.25) is 0 Å². The van der Waals surface area contributed by atoms with Crippen molar-refractivity contribution in [3.05, 3.63) is 65.7 Å². The third kappa shape index (κ3) is 4.92. The van der Waals surface area contributed by atoms with Crippen LogP contribution in [0.15, 0.2) is 54.6 Å². The van der Waals surface area contributed by atoms with Crippen molar-refractivity contribution in [1.82, 2.24) is 5.32 Å². The highest BCUT2D eigenvalue weighted by atomic mass is 16.7. The molecule has 0 radical (unpaired) electrons. The van der Waals surface area contributed by atoms with Crippen LogP contribution in [0.1, 0.15) is 28.9 Å². The number of benzene rings is 2. The Kier molecular flexibility index (Phi) is 6.83. The number of aliphatic hydroxyl groups is 4. The number of hydrogen-bond donors (Lipinski definition) is 5. The number of carbonyl (C=O) groups excluding carboxylic acids is 1. The van der Waals surface area contributed by atoms with E-state index in [2.05, 4.69) is 5.32 Å². The van der Waals surface area contributed by atoms with E-state index in [0.29, 0.717) is 11.3 Å². The molecule has 1 aliphatic heterocycles. The number of rotatable bonds is 6. The zero-order valence-electron chi connectivity index (χ0n) is 15.9. The van der Waals surface area contributed by atoms with Gasteiger partial charge in [0.25, 0.3) is 5.91 Å². The Morgan fingerprint density at radius 3 is 2.31 bits per heavy atom. The summed E-state index contributed by atoms with van der Waals surface area (Å²) in [5.41, 5.74) is 1.41. The van der Waals surface area contributed by atoms with Gasteiger partial charge in [0, 0.05) is 5.56 Å². The van der Waals surface area contributed by atoms with Gasteiger partial charge in [0.15, 0.2) is 0 Å². The molecule has 2 aromatic carbocycles. The monoisotopic (exact) mass is 403 g/mol. The van der Waals surface area contributed by atoms with Crippen LogP contribution in [0.5, 0.6) is 5.75 Å². The fourth-order valence-corrected chi connectivity index (χ4v) is 3.09. The van der Waals surface area contributed by atoms with Gasteiger partial charge in [-0.3, -0.25) is 4.79 Å². The molecule has 2 aromatic rings. The van der Waals surface area contributed by atoms with Crippen molar-refractivity contribution in [2.75, 3.05) is 6.61 Å². The van der Waals surface area contributed by atoms with Crippen molar-refractivity contribution in [2.45, 2.75) is 43.7 Å². The molecule has 156 valence electrons. The molecule has 0 aromatic heterocycles. The molecule has 5 N–H and O–H groups in total. The number of hydrogen-bond acceptors (Lipinski definition) is 7. The summed E-state index contributed by atoms with van der Waals surface area (Å²) in [6.07, 6.45) is -6.79. The summed E-state index contributed by atoms with van der Waals surface area (Å²) in [4.78, 5) is 12.4. The van der Waals surface area contributed by atoms with Crippen LogP contribution in [0.4, 0.5) is 0 Å². The molecule has 1 amide bonds. The molecule has 5 unspecified atom stereocenters. The average molecular weight is 403 g/mol. The molecule has 1 heterocycles. The molecule has 0 saturated carbocycles. The van der Waals surface area contributed by atoms with Gasteiger partial charge in [-0.25, -0.2) is 0 Å². The van der Waals surface area contributed by atoms with E-state index in [4.69, 9.17) is 9.47 Å². The molecule has 3 rings (SSSR count). The van der Waals surface area contributed by atoms with Gasteiger partial charge in [0.05, 0.1) is 12.6 Å². The van der Waals surface area contributed by atoms with Crippen molar-refractivity contribution in [3.63, 3.8) is 0 Å². The lowest BCUT2D eigenvalue weighted by Gasteiger charge is -2.39. The summed E-state index contributed by atoms with van der Waals surface area (Å²) < 4.78 is 10.8. The van der Waals surface area contributed by atoms with Gasteiger partial charge >= 0.3 is 0 Å². The van der Waals surface area contributed by atoms with Gasteiger partial charge in [0.1, 0.15) is 30.2 Å². The third-order valence-corrected chi connectivity index (χ3v) is 4.86. The van der Waals surface area contributed by atoms with Crippen molar-refractivity contribution >= 4 is 5.91 Å². The van der Waals surface area contributed by atoms with Gasteiger partial charge in [-0.15, -0.1) is 0 Å². The molecular formula is C21H25NO7. The van der Waals surface area contributed by atoms with E-state index in [1.807, 2.05) is 37.3 Å².